The Hall–Kier alpha value is -10.2. The number of unbranched alkanes of at least 4 members (excludes halogenated alkanes) is 1. The van der Waals surface area contributed by atoms with Gasteiger partial charge in [-0.05, 0) is 62.9 Å². The third-order valence-corrected chi connectivity index (χ3v) is 17.4. The Balaban J connectivity index is 1.06. The predicted octanol–water partition coefficient (Wildman–Crippen LogP) is 16.4. The highest BCUT2D eigenvalue weighted by atomic mass is 16.8. The molecule has 17 nitrogen and oxygen atoms in total. The smallest absolute Gasteiger partial charge is 0.328 e. The van der Waals surface area contributed by atoms with Gasteiger partial charge in [0.25, 0.3) is 0 Å². The molecule has 0 saturated heterocycles. The Kier molecular flexibility index (Phi) is 28.6. The fourth-order valence-electron chi connectivity index (χ4n) is 12.1. The molecule has 0 bridgehead atoms. The zero-order valence-electron chi connectivity index (χ0n) is 59.0. The standard InChI is InChI=1S/C88H90O17/c1-3-4-32-51-93-86-83(80(97-58-71-45-26-11-27-46-71)77(94-55-68-39-20-8-21-40-68)74(101-86)61-90-52-65-33-14-5-15-34-65)104-88-85(82(99-60-73-49-30-13-31-50-73)79(96-57-70-43-24-10-25-44-70)76(103-88)63-92-54-67-37-18-7-19-38-67)105-87-84(100-64(2)89)81(98-59-72-47-28-12-29-48-72)78(95-56-69-41-22-9-23-42-69)75(102-87)62-91-53-66-35-16-6-17-36-66/h3,5-31,33-50,74-82H,1,4,32,51-63H2,2H3/t74?,75?,76?,77-,78-,79-,80?,81?,82?/m1/s1. The van der Waals surface area contributed by atoms with Crippen molar-refractivity contribution in [2.24, 2.45) is 0 Å². The zero-order chi connectivity index (χ0) is 71.9. The molecule has 17 heteroatoms. The third-order valence-electron chi connectivity index (χ3n) is 17.4. The zero-order valence-corrected chi connectivity index (χ0v) is 59.0. The Morgan fingerprint density at radius 2 is 0.581 bits per heavy atom. The van der Waals surface area contributed by atoms with E-state index < -0.39 is 60.9 Å². The Labute approximate surface area is 614 Å². The van der Waals surface area contributed by atoms with Crippen LogP contribution in [-0.2, 0) is 140 Å². The van der Waals surface area contributed by atoms with Crippen LogP contribution >= 0.6 is 0 Å². The number of hydrogen-bond donors (Lipinski definition) is 0. The number of esters is 1. The van der Waals surface area contributed by atoms with Crippen LogP contribution in [0, 0.1) is 0 Å². The maximum Gasteiger partial charge on any atom is 0.328 e. The molecule has 544 valence electrons. The van der Waals surface area contributed by atoms with Crippen LogP contribution in [-0.4, -0.2) is 87.3 Å². The van der Waals surface area contributed by atoms with E-state index in [4.69, 9.17) is 75.8 Å². The third kappa shape index (κ3) is 22.4. The van der Waals surface area contributed by atoms with Crippen LogP contribution in [0.1, 0.15) is 69.8 Å². The van der Waals surface area contributed by atoms with E-state index in [1.54, 1.807) is 0 Å². The summed E-state index contributed by atoms with van der Waals surface area (Å²) in [6.45, 7) is 6.44. The summed E-state index contributed by atoms with van der Waals surface area (Å²) in [6, 6.07) is 88.1. The van der Waals surface area contributed by atoms with Crippen molar-refractivity contribution in [1.82, 2.24) is 0 Å². The van der Waals surface area contributed by atoms with Gasteiger partial charge in [-0.15, -0.1) is 6.58 Å². The molecule has 9 aromatic carbocycles. The van der Waals surface area contributed by atoms with Gasteiger partial charge in [-0.3, -0.25) is 4.79 Å². The van der Waals surface area contributed by atoms with E-state index in [-0.39, 0.29) is 121 Å². The molecule has 105 heavy (non-hydrogen) atoms. The first-order valence-electron chi connectivity index (χ1n) is 35.7. The van der Waals surface area contributed by atoms with Crippen molar-refractivity contribution >= 4 is 5.97 Å². The van der Waals surface area contributed by atoms with E-state index in [0.717, 1.165) is 50.1 Å². The SMILES string of the molecule is C=CCCCOC1=C(OC2=C(OC3=C(OC(C)=O)C(OCc4ccccc4)[C@H](OCc4ccccc4)C(COCc4ccccc4)O3)C(OCc3ccccc3)[C@H](OCc3ccccc3)C(COCc3ccccc3)O2)C(OCc2ccccc2)[C@H](OCc2ccccc2)C(COCc2ccccc2)O1. The molecule has 0 aromatic heterocycles. The summed E-state index contributed by atoms with van der Waals surface area (Å²) in [4.78, 5) is 14.1. The van der Waals surface area contributed by atoms with Gasteiger partial charge in [-0.25, -0.2) is 0 Å². The summed E-state index contributed by atoms with van der Waals surface area (Å²) in [6.07, 6.45) is -6.67. The summed E-state index contributed by atoms with van der Waals surface area (Å²) in [5, 5.41) is 0. The molecule has 6 unspecified atom stereocenters. The van der Waals surface area contributed by atoms with Crippen molar-refractivity contribution in [2.45, 2.75) is 134 Å². The predicted molar refractivity (Wildman–Crippen MR) is 393 cm³/mol. The average molecular weight is 1420 g/mol. The van der Waals surface area contributed by atoms with Crippen molar-refractivity contribution in [3.05, 3.63) is 371 Å². The van der Waals surface area contributed by atoms with Crippen LogP contribution in [0.3, 0.4) is 0 Å². The molecule has 0 N–H and O–H groups in total. The van der Waals surface area contributed by atoms with Crippen LogP contribution in [0.15, 0.2) is 321 Å². The highest BCUT2D eigenvalue weighted by Gasteiger charge is 2.52. The fourth-order valence-corrected chi connectivity index (χ4v) is 12.1. The summed E-state index contributed by atoms with van der Waals surface area (Å²) in [5.41, 5.74) is 7.91. The number of hydrogen-bond acceptors (Lipinski definition) is 17. The molecule has 9 atom stereocenters. The molecule has 3 aliphatic heterocycles. The highest BCUT2D eigenvalue weighted by molar-refractivity contribution is 5.67. The maximum absolute atomic E-state index is 14.1. The number of allylic oxidation sites excluding steroid dienone is 1. The first-order valence-corrected chi connectivity index (χ1v) is 35.7. The molecule has 0 aliphatic carbocycles. The summed E-state index contributed by atoms with van der Waals surface area (Å²) < 4.78 is 113. The van der Waals surface area contributed by atoms with Crippen molar-refractivity contribution in [2.75, 3.05) is 26.4 Å². The van der Waals surface area contributed by atoms with Crippen LogP contribution in [0.5, 0.6) is 0 Å². The van der Waals surface area contributed by atoms with Crippen molar-refractivity contribution < 1.29 is 80.6 Å². The fraction of sp³-hybridized carbons (Fsp3) is 0.284. The van der Waals surface area contributed by atoms with Gasteiger partial charge in [0.1, 0.15) is 18.3 Å². The van der Waals surface area contributed by atoms with Gasteiger partial charge >= 0.3 is 23.8 Å². The molecular formula is C88H90O17. The maximum atomic E-state index is 14.1. The summed E-state index contributed by atoms with van der Waals surface area (Å²) >= 11 is 0. The van der Waals surface area contributed by atoms with Crippen LogP contribution in [0.2, 0.25) is 0 Å². The Morgan fingerprint density at radius 3 is 0.867 bits per heavy atom. The molecule has 0 amide bonds. The second-order valence-electron chi connectivity index (χ2n) is 25.4. The van der Waals surface area contributed by atoms with Crippen molar-refractivity contribution in [3.63, 3.8) is 0 Å². The molecule has 0 fully saturated rings. The van der Waals surface area contributed by atoms with Gasteiger partial charge in [0.05, 0.1) is 85.9 Å². The minimum atomic E-state index is -1.30. The second kappa shape index (κ2) is 40.2. The average Bonchev–Trinajstić information content (AvgIpc) is 0.761. The molecule has 0 radical (unpaired) electrons. The van der Waals surface area contributed by atoms with Crippen LogP contribution < -0.4 is 0 Å². The van der Waals surface area contributed by atoms with Crippen molar-refractivity contribution in [3.8, 4) is 0 Å². The van der Waals surface area contributed by atoms with Gasteiger partial charge in [-0.1, -0.05) is 279 Å². The molecule has 3 heterocycles. The number of carbonyl (C=O) groups is 1. The first kappa shape index (κ1) is 74.6. The van der Waals surface area contributed by atoms with E-state index in [1.165, 1.54) is 6.92 Å². The molecular weight excluding hydrogens is 1330 g/mol. The molecule has 0 spiro atoms. The normalized spacial score (nSPS) is 20.1. The number of rotatable bonds is 40. The first-order chi connectivity index (χ1) is 51.9. The van der Waals surface area contributed by atoms with E-state index in [9.17, 15) is 4.79 Å². The molecule has 12 rings (SSSR count). The largest absolute Gasteiger partial charge is 0.463 e. The number of benzene rings is 9. The quantitative estimate of drug-likeness (QED) is 0.0202. The Bertz CT molecular complexity index is 4120. The molecule has 9 aromatic rings. The van der Waals surface area contributed by atoms with Crippen molar-refractivity contribution in [1.29, 1.82) is 0 Å². The molecule has 3 aliphatic rings. The Morgan fingerprint density at radius 1 is 0.333 bits per heavy atom. The second-order valence-corrected chi connectivity index (χ2v) is 25.4. The lowest BCUT2D eigenvalue weighted by molar-refractivity contribution is -0.220. The summed E-state index contributed by atoms with van der Waals surface area (Å²) in [5.74, 6) is -1.64. The molecule has 0 saturated carbocycles. The minimum Gasteiger partial charge on any atom is -0.463 e. The lowest BCUT2D eigenvalue weighted by Crippen LogP contribution is -2.53. The van der Waals surface area contributed by atoms with E-state index in [2.05, 4.69) is 6.58 Å². The highest BCUT2D eigenvalue weighted by Crippen LogP contribution is 2.42. The van der Waals surface area contributed by atoms with E-state index in [1.807, 2.05) is 279 Å². The van der Waals surface area contributed by atoms with Gasteiger partial charge in [0.15, 0.2) is 36.6 Å². The van der Waals surface area contributed by atoms with Gasteiger partial charge in [0.2, 0.25) is 17.3 Å². The van der Waals surface area contributed by atoms with Crippen LogP contribution in [0.25, 0.3) is 0 Å². The van der Waals surface area contributed by atoms with Gasteiger partial charge in [-0.2, -0.15) is 0 Å². The lowest BCUT2D eigenvalue weighted by Gasteiger charge is -2.43. The monoisotopic (exact) mass is 1420 g/mol. The van der Waals surface area contributed by atoms with Gasteiger partial charge < -0.3 is 75.8 Å². The van der Waals surface area contributed by atoms with Gasteiger partial charge in [0, 0.05) is 6.92 Å². The van der Waals surface area contributed by atoms with Crippen LogP contribution in [0.4, 0.5) is 0 Å². The summed E-state index contributed by atoms with van der Waals surface area (Å²) in [7, 11) is 0. The number of carbonyl (C=O) groups excluding carboxylic acids is 1. The minimum absolute atomic E-state index is 0.00561. The van der Waals surface area contributed by atoms with E-state index >= 15 is 0 Å². The topological polar surface area (TPSA) is 165 Å². The van der Waals surface area contributed by atoms with E-state index in [0.29, 0.717) is 12.8 Å². The lowest BCUT2D eigenvalue weighted by atomic mass is 10.0. The number of ether oxygens (including phenoxy) is 16.